The van der Waals surface area contributed by atoms with E-state index in [0.29, 0.717) is 52.2 Å². The van der Waals surface area contributed by atoms with Crippen LogP contribution in [0.3, 0.4) is 0 Å². The quantitative estimate of drug-likeness (QED) is 0.265. The fourth-order valence-corrected chi connectivity index (χ4v) is 6.82. The highest BCUT2D eigenvalue weighted by atomic mass is 79.9. The van der Waals surface area contributed by atoms with Gasteiger partial charge in [0, 0.05) is 33.2 Å². The van der Waals surface area contributed by atoms with E-state index in [4.69, 9.17) is 18.9 Å². The maximum atomic E-state index is 12.1. The summed E-state index contributed by atoms with van der Waals surface area (Å²) >= 11 is 6.72. The summed E-state index contributed by atoms with van der Waals surface area (Å²) in [6.45, 7) is 13.9. The number of urea groups is 2. The van der Waals surface area contributed by atoms with Gasteiger partial charge in [-0.2, -0.15) is 0 Å². The van der Waals surface area contributed by atoms with E-state index in [-0.39, 0.29) is 47.5 Å². The molecule has 2 aromatic rings. The Labute approximate surface area is 321 Å². The average Bonchev–Trinajstić information content (AvgIpc) is 3.62. The normalized spacial score (nSPS) is 21.2. The predicted octanol–water partition coefficient (Wildman–Crippen LogP) is 6.70. The molecule has 0 bridgehead atoms. The highest BCUT2D eigenvalue weighted by Crippen LogP contribution is 2.37. The van der Waals surface area contributed by atoms with Gasteiger partial charge in [0.2, 0.25) is 0 Å². The van der Waals surface area contributed by atoms with E-state index >= 15 is 0 Å². The molecule has 4 N–H and O–H groups in total. The molecule has 2 aromatic carbocycles. The Bertz CT molecular complexity index is 1480. The van der Waals surface area contributed by atoms with Crippen LogP contribution in [0.1, 0.15) is 54.4 Å². The molecule has 6 amide bonds. The largest absolute Gasteiger partial charge is 0.444 e. The van der Waals surface area contributed by atoms with Gasteiger partial charge in [0.25, 0.3) is 0 Å². The number of anilines is 2. The van der Waals surface area contributed by atoms with Gasteiger partial charge in [-0.3, -0.25) is 0 Å². The number of hydrogen-bond acceptors (Lipinski definition) is 8. The maximum Gasteiger partial charge on any atom is 0.410 e. The summed E-state index contributed by atoms with van der Waals surface area (Å²) in [5.74, 6) is 0. The van der Waals surface area contributed by atoms with Crippen LogP contribution in [-0.2, 0) is 18.9 Å². The molecule has 16 heteroatoms. The van der Waals surface area contributed by atoms with Crippen LogP contribution in [0.4, 0.5) is 30.6 Å². The van der Waals surface area contributed by atoms with Crippen molar-refractivity contribution in [3.63, 3.8) is 0 Å². The van der Waals surface area contributed by atoms with Crippen molar-refractivity contribution in [3.8, 4) is 0 Å². The first kappa shape index (κ1) is 39.6. The van der Waals surface area contributed by atoms with Crippen molar-refractivity contribution < 1.29 is 38.1 Å². The molecule has 4 saturated heterocycles. The van der Waals surface area contributed by atoms with E-state index in [9.17, 15) is 19.2 Å². The molecule has 0 radical (unpaired) electrons. The summed E-state index contributed by atoms with van der Waals surface area (Å²) in [4.78, 5) is 51.6. The number of ether oxygens (including phenoxy) is 4. The van der Waals surface area contributed by atoms with Gasteiger partial charge >= 0.3 is 24.2 Å². The number of likely N-dealkylation sites (tertiary alicyclic amines) is 2. The summed E-state index contributed by atoms with van der Waals surface area (Å²) in [6, 6.07) is 14.1. The molecular formula is C36H48Br2N6O8. The third-order valence-corrected chi connectivity index (χ3v) is 9.57. The van der Waals surface area contributed by atoms with Crippen LogP contribution in [0, 0.1) is 0 Å². The van der Waals surface area contributed by atoms with Crippen LogP contribution >= 0.6 is 31.9 Å². The SMILES string of the molecule is CC(C)(C)OC(=O)N1CC2(C[C@H](NC(=O)Nc3ccc(Br)cc3)CO2)C1.CC(C)(C)OC(=O)N1CC2(C[C@H](NC(=O)Nc3ccc(Br)cc3)CO2)C1. The first-order chi connectivity index (χ1) is 24.3. The maximum absolute atomic E-state index is 12.1. The second-order valence-electron chi connectivity index (χ2n) is 15.7. The first-order valence-corrected chi connectivity index (χ1v) is 18.8. The third kappa shape index (κ3) is 11.2. The molecule has 52 heavy (non-hydrogen) atoms. The lowest BCUT2D eigenvalue weighted by Gasteiger charge is -2.46. The van der Waals surface area contributed by atoms with Crippen molar-refractivity contribution in [2.24, 2.45) is 0 Å². The number of halogens is 2. The second-order valence-corrected chi connectivity index (χ2v) is 17.5. The van der Waals surface area contributed by atoms with E-state index in [2.05, 4.69) is 53.1 Å². The van der Waals surface area contributed by atoms with E-state index in [1.165, 1.54) is 0 Å². The van der Waals surface area contributed by atoms with E-state index < -0.39 is 11.2 Å². The van der Waals surface area contributed by atoms with Crippen LogP contribution in [0.2, 0.25) is 0 Å². The Balaban J connectivity index is 0.000000201. The zero-order valence-corrected chi connectivity index (χ0v) is 33.5. The number of nitrogens with one attached hydrogen (secondary N) is 4. The molecule has 4 heterocycles. The molecule has 0 aliphatic carbocycles. The Kier molecular flexibility index (Phi) is 12.0. The minimum Gasteiger partial charge on any atom is -0.444 e. The highest BCUT2D eigenvalue weighted by molar-refractivity contribution is 9.10. The van der Waals surface area contributed by atoms with Gasteiger partial charge in [0.15, 0.2) is 0 Å². The van der Waals surface area contributed by atoms with Crippen molar-refractivity contribution in [3.05, 3.63) is 57.5 Å². The predicted molar refractivity (Wildman–Crippen MR) is 202 cm³/mol. The first-order valence-electron chi connectivity index (χ1n) is 17.2. The number of benzene rings is 2. The summed E-state index contributed by atoms with van der Waals surface area (Å²) < 4.78 is 24.4. The molecule has 14 nitrogen and oxygen atoms in total. The smallest absolute Gasteiger partial charge is 0.410 e. The highest BCUT2D eigenvalue weighted by Gasteiger charge is 2.53. The molecule has 284 valence electrons. The fourth-order valence-electron chi connectivity index (χ4n) is 6.30. The molecule has 6 rings (SSSR count). The van der Waals surface area contributed by atoms with Crippen molar-refractivity contribution in [1.82, 2.24) is 20.4 Å². The van der Waals surface area contributed by atoms with Crippen molar-refractivity contribution in [2.45, 2.75) is 88.9 Å². The van der Waals surface area contributed by atoms with Gasteiger partial charge in [0.05, 0.1) is 51.5 Å². The van der Waals surface area contributed by atoms with Crippen molar-refractivity contribution >= 4 is 67.5 Å². The van der Waals surface area contributed by atoms with Crippen LogP contribution in [0.25, 0.3) is 0 Å². The molecule has 4 aliphatic rings. The molecular weight excluding hydrogens is 804 g/mol. The molecule has 0 unspecified atom stereocenters. The Hall–Kier alpha value is -3.60. The van der Waals surface area contributed by atoms with Gasteiger partial charge in [-0.05, 0) is 90.1 Å². The summed E-state index contributed by atoms with van der Waals surface area (Å²) in [6.07, 6.45) is 0.715. The second kappa shape index (κ2) is 15.8. The lowest BCUT2D eigenvalue weighted by atomic mass is 9.90. The lowest BCUT2D eigenvalue weighted by Crippen LogP contribution is -2.64. The number of nitrogens with zero attached hydrogens (tertiary/aromatic N) is 2. The van der Waals surface area contributed by atoms with E-state index in [0.717, 1.165) is 20.3 Å². The van der Waals surface area contributed by atoms with Gasteiger partial charge in [0.1, 0.15) is 22.4 Å². The van der Waals surface area contributed by atoms with Gasteiger partial charge in [-0.25, -0.2) is 19.2 Å². The molecule has 4 aliphatic heterocycles. The zero-order chi connectivity index (χ0) is 37.9. The lowest BCUT2D eigenvalue weighted by molar-refractivity contribution is -0.109. The minimum atomic E-state index is -0.508. The van der Waals surface area contributed by atoms with Crippen LogP contribution in [0.15, 0.2) is 57.5 Å². The molecule has 0 aromatic heterocycles. The summed E-state index contributed by atoms with van der Waals surface area (Å²) in [7, 11) is 0. The Morgan fingerprint density at radius 3 is 1.27 bits per heavy atom. The Morgan fingerprint density at radius 1 is 0.635 bits per heavy atom. The van der Waals surface area contributed by atoms with Gasteiger partial charge in [-0.15, -0.1) is 0 Å². The number of hydrogen-bond donors (Lipinski definition) is 4. The molecule has 4 fully saturated rings. The molecule has 2 atom stereocenters. The minimum absolute atomic E-state index is 0.0776. The zero-order valence-electron chi connectivity index (χ0n) is 30.3. The summed E-state index contributed by atoms with van der Waals surface area (Å²) in [5.41, 5.74) is -0.311. The van der Waals surface area contributed by atoms with Gasteiger partial charge < -0.3 is 50.0 Å². The van der Waals surface area contributed by atoms with Gasteiger partial charge in [-0.1, -0.05) is 31.9 Å². The fraction of sp³-hybridized carbons (Fsp3) is 0.556. The average molecular weight is 853 g/mol. The standard InChI is InChI=1S/2C18H24BrN3O4/c2*1-17(2,3)26-16(24)22-10-18(11-22)8-14(9-25-18)21-15(23)20-13-6-4-12(19)5-7-13/h2*4-7,14H,8-11H2,1-3H3,(H2,20,21,23)/t2*14-/m00/s1. The van der Waals surface area contributed by atoms with Crippen molar-refractivity contribution in [1.29, 1.82) is 0 Å². The monoisotopic (exact) mass is 850 g/mol. The number of amides is 6. The van der Waals surface area contributed by atoms with E-state index in [1.807, 2.05) is 90.1 Å². The van der Waals surface area contributed by atoms with Crippen molar-refractivity contribution in [2.75, 3.05) is 50.0 Å². The third-order valence-electron chi connectivity index (χ3n) is 8.51. The molecule has 0 saturated carbocycles. The van der Waals surface area contributed by atoms with Crippen LogP contribution in [-0.4, -0.2) is 108 Å². The van der Waals surface area contributed by atoms with E-state index in [1.54, 1.807) is 9.80 Å². The number of rotatable bonds is 4. The molecule has 2 spiro atoms. The Morgan fingerprint density at radius 2 is 0.962 bits per heavy atom. The number of carbonyl (C=O) groups excluding carboxylic acids is 4. The number of carbonyl (C=O) groups is 4. The van der Waals surface area contributed by atoms with Crippen LogP contribution in [0.5, 0.6) is 0 Å². The topological polar surface area (TPSA) is 160 Å². The van der Waals surface area contributed by atoms with Crippen LogP contribution < -0.4 is 21.3 Å². The summed E-state index contributed by atoms with van der Waals surface area (Å²) in [5, 5.41) is 11.5.